The molecule has 2 aromatic rings. The first-order valence-electron chi connectivity index (χ1n) is 11.3. The number of piperidine rings is 1. The van der Waals surface area contributed by atoms with Crippen LogP contribution >= 0.6 is 0 Å². The quantitative estimate of drug-likeness (QED) is 0.818. The van der Waals surface area contributed by atoms with E-state index in [4.69, 9.17) is 9.40 Å². The molecule has 1 amide bonds. The average Bonchev–Trinajstić information content (AvgIpc) is 2.96. The van der Waals surface area contributed by atoms with E-state index in [9.17, 15) is 4.79 Å². The number of rotatable bonds is 3. The van der Waals surface area contributed by atoms with Gasteiger partial charge >= 0.3 is 0 Å². The molecule has 6 heteroatoms. The van der Waals surface area contributed by atoms with Crippen molar-refractivity contribution < 1.29 is 9.21 Å². The van der Waals surface area contributed by atoms with Crippen molar-refractivity contribution in [2.24, 2.45) is 5.92 Å². The maximum Gasteiger partial charge on any atom is 0.231 e. The Kier molecular flexibility index (Phi) is 6.07. The molecule has 29 heavy (non-hydrogen) atoms. The summed E-state index contributed by atoms with van der Waals surface area (Å²) in [5.41, 5.74) is 1.75. The van der Waals surface area contributed by atoms with E-state index >= 15 is 0 Å². The average molecular weight is 399 g/mol. The number of amides is 1. The Bertz CT molecular complexity index is 867. The van der Waals surface area contributed by atoms with Gasteiger partial charge in [0, 0.05) is 24.7 Å². The van der Waals surface area contributed by atoms with E-state index in [1.54, 1.807) is 0 Å². The van der Waals surface area contributed by atoms with Crippen LogP contribution in [0, 0.1) is 26.7 Å². The molecule has 1 saturated carbocycles. The molecule has 0 radical (unpaired) electrons. The lowest BCUT2D eigenvalue weighted by molar-refractivity contribution is -0.126. The van der Waals surface area contributed by atoms with Crippen molar-refractivity contribution in [1.29, 1.82) is 0 Å². The summed E-state index contributed by atoms with van der Waals surface area (Å²) in [4.78, 5) is 24.6. The van der Waals surface area contributed by atoms with Gasteiger partial charge < -0.3 is 14.6 Å². The Labute approximate surface area is 173 Å². The van der Waals surface area contributed by atoms with Crippen LogP contribution in [0.2, 0.25) is 0 Å². The summed E-state index contributed by atoms with van der Waals surface area (Å²) >= 11 is 0. The zero-order chi connectivity index (χ0) is 20.4. The van der Waals surface area contributed by atoms with Crippen LogP contribution in [0.4, 0.5) is 5.82 Å². The Morgan fingerprint density at radius 2 is 1.72 bits per heavy atom. The lowest BCUT2D eigenvalue weighted by atomic mass is 9.93. The number of aryl methyl sites for hydroxylation is 3. The lowest BCUT2D eigenvalue weighted by Gasteiger charge is -2.34. The first-order chi connectivity index (χ1) is 14.0. The van der Waals surface area contributed by atoms with Gasteiger partial charge in [-0.25, -0.2) is 4.98 Å². The number of furan rings is 1. The number of nitrogens with one attached hydrogen (secondary N) is 1. The van der Waals surface area contributed by atoms with Crippen LogP contribution in [0.25, 0.3) is 11.1 Å². The number of aromatic nitrogens is 2. The molecular formula is C23H34N4O2. The van der Waals surface area contributed by atoms with E-state index in [-0.39, 0.29) is 11.8 Å². The Morgan fingerprint density at radius 1 is 1.00 bits per heavy atom. The highest BCUT2D eigenvalue weighted by Gasteiger charge is 2.30. The molecular weight excluding hydrogens is 364 g/mol. The van der Waals surface area contributed by atoms with Gasteiger partial charge in [-0.2, -0.15) is 4.98 Å². The van der Waals surface area contributed by atoms with Crippen molar-refractivity contribution in [3.8, 4) is 0 Å². The highest BCUT2D eigenvalue weighted by Crippen LogP contribution is 2.33. The minimum atomic E-state index is 0.0211. The predicted octanol–water partition coefficient (Wildman–Crippen LogP) is 4.59. The number of carbonyl (C=O) groups is 1. The van der Waals surface area contributed by atoms with E-state index in [2.05, 4.69) is 22.1 Å². The molecule has 0 bridgehead atoms. The number of hydrogen-bond acceptors (Lipinski definition) is 5. The zero-order valence-electron chi connectivity index (χ0n) is 18.1. The molecule has 1 saturated heterocycles. The number of carbonyl (C=O) groups excluding carboxylic acids is 1. The van der Waals surface area contributed by atoms with Gasteiger partial charge in [-0.3, -0.25) is 4.79 Å². The molecule has 0 spiro atoms. The summed E-state index contributed by atoms with van der Waals surface area (Å²) in [7, 11) is 0. The van der Waals surface area contributed by atoms with Gasteiger partial charge in [0.05, 0.1) is 11.3 Å². The van der Waals surface area contributed by atoms with Crippen LogP contribution < -0.4 is 10.2 Å². The molecule has 1 atom stereocenters. The topological polar surface area (TPSA) is 71.3 Å². The molecule has 2 aromatic heterocycles. The van der Waals surface area contributed by atoms with Crippen molar-refractivity contribution in [3.63, 3.8) is 0 Å². The second-order valence-electron chi connectivity index (χ2n) is 8.89. The highest BCUT2D eigenvalue weighted by molar-refractivity contribution is 5.90. The maximum absolute atomic E-state index is 13.1. The van der Waals surface area contributed by atoms with Crippen molar-refractivity contribution in [2.75, 3.05) is 18.0 Å². The Hall–Kier alpha value is -2.11. The van der Waals surface area contributed by atoms with Crippen molar-refractivity contribution >= 4 is 22.8 Å². The van der Waals surface area contributed by atoms with E-state index in [0.29, 0.717) is 24.1 Å². The zero-order valence-corrected chi connectivity index (χ0v) is 18.1. The van der Waals surface area contributed by atoms with Crippen LogP contribution in [0.15, 0.2) is 4.42 Å². The number of fused-ring (bicyclic) bond motifs is 1. The predicted molar refractivity (Wildman–Crippen MR) is 115 cm³/mol. The Balaban J connectivity index is 1.50. The van der Waals surface area contributed by atoms with Gasteiger partial charge in [0.1, 0.15) is 17.4 Å². The van der Waals surface area contributed by atoms with E-state index in [1.807, 2.05) is 13.8 Å². The first-order valence-corrected chi connectivity index (χ1v) is 11.3. The molecule has 3 heterocycles. The molecule has 0 aromatic carbocycles. The summed E-state index contributed by atoms with van der Waals surface area (Å²) < 4.78 is 5.85. The van der Waals surface area contributed by atoms with E-state index in [0.717, 1.165) is 54.8 Å². The van der Waals surface area contributed by atoms with Gasteiger partial charge in [-0.15, -0.1) is 0 Å². The van der Waals surface area contributed by atoms with Crippen LogP contribution in [-0.4, -0.2) is 35.0 Å². The van der Waals surface area contributed by atoms with Crippen LogP contribution in [0.1, 0.15) is 74.9 Å². The molecule has 1 N–H and O–H groups in total. The maximum atomic E-state index is 13.1. The fraction of sp³-hybridized carbons (Fsp3) is 0.696. The normalized spacial score (nSPS) is 21.8. The summed E-state index contributed by atoms with van der Waals surface area (Å²) in [6.45, 7) is 7.57. The monoisotopic (exact) mass is 398 g/mol. The minimum absolute atomic E-state index is 0.0211. The third-order valence-electron chi connectivity index (χ3n) is 6.66. The summed E-state index contributed by atoms with van der Waals surface area (Å²) in [6.07, 6.45) is 10.6. The second-order valence-corrected chi connectivity index (χ2v) is 8.89. The van der Waals surface area contributed by atoms with Crippen LogP contribution in [0.5, 0.6) is 0 Å². The molecule has 2 aliphatic rings. The molecule has 1 unspecified atom stereocenters. The molecule has 158 valence electrons. The lowest BCUT2D eigenvalue weighted by Crippen LogP contribution is -2.46. The first kappa shape index (κ1) is 20.2. The van der Waals surface area contributed by atoms with Gasteiger partial charge in [-0.1, -0.05) is 32.1 Å². The van der Waals surface area contributed by atoms with Crippen molar-refractivity contribution in [2.45, 2.75) is 84.6 Å². The standard InChI is InChI=1S/C23H34N4O2/c1-15-16(2)29-23-20(15)21(24-17(3)25-23)27-13-9-10-18(14-27)22(28)26-19-11-7-5-4-6-8-12-19/h18-19H,4-14H2,1-3H3,(H,26,28). The van der Waals surface area contributed by atoms with Gasteiger partial charge in [0.2, 0.25) is 11.6 Å². The molecule has 1 aliphatic carbocycles. The Morgan fingerprint density at radius 3 is 2.48 bits per heavy atom. The smallest absolute Gasteiger partial charge is 0.231 e. The molecule has 1 aliphatic heterocycles. The van der Waals surface area contributed by atoms with Gasteiger partial charge in [0.25, 0.3) is 0 Å². The highest BCUT2D eigenvalue weighted by atomic mass is 16.3. The number of nitrogens with zero attached hydrogens (tertiary/aromatic N) is 3. The van der Waals surface area contributed by atoms with Gasteiger partial charge in [0.15, 0.2) is 0 Å². The fourth-order valence-electron chi connectivity index (χ4n) is 4.86. The fourth-order valence-corrected chi connectivity index (χ4v) is 4.86. The van der Waals surface area contributed by atoms with Crippen molar-refractivity contribution in [3.05, 3.63) is 17.1 Å². The van der Waals surface area contributed by atoms with E-state index in [1.165, 1.54) is 32.1 Å². The molecule has 4 rings (SSSR count). The third-order valence-corrected chi connectivity index (χ3v) is 6.66. The van der Waals surface area contributed by atoms with E-state index < -0.39 is 0 Å². The second kappa shape index (κ2) is 8.72. The van der Waals surface area contributed by atoms with Crippen molar-refractivity contribution in [1.82, 2.24) is 15.3 Å². The summed E-state index contributed by atoms with van der Waals surface area (Å²) in [5, 5.41) is 4.37. The minimum Gasteiger partial charge on any atom is -0.443 e. The summed E-state index contributed by atoms with van der Waals surface area (Å²) in [5.74, 6) is 2.76. The number of hydrogen-bond donors (Lipinski definition) is 1. The largest absolute Gasteiger partial charge is 0.443 e. The SMILES string of the molecule is Cc1nc(N2CCCC(C(=O)NC3CCCCCCC3)C2)c2c(C)c(C)oc2n1. The summed E-state index contributed by atoms with van der Waals surface area (Å²) in [6, 6.07) is 0.352. The third kappa shape index (κ3) is 4.41. The van der Waals surface area contributed by atoms with Crippen LogP contribution in [-0.2, 0) is 4.79 Å². The number of anilines is 1. The molecule has 6 nitrogen and oxygen atoms in total. The molecule has 2 fully saturated rings. The van der Waals surface area contributed by atoms with Crippen LogP contribution in [0.3, 0.4) is 0 Å². The van der Waals surface area contributed by atoms with Gasteiger partial charge in [-0.05, 0) is 46.5 Å².